The molecule has 2 aliphatic rings. The molecule has 0 radical (unpaired) electrons. The standard InChI is InChI=1S/C13H16FN3O4S/c14-10-2-1-3-11(12(10)17(18)19)22(20,21)16-7-5-13(9-16)4-6-15-8-13/h1-3,15H,4-9H2. The predicted molar refractivity (Wildman–Crippen MR) is 76.3 cm³/mol. The summed E-state index contributed by atoms with van der Waals surface area (Å²) in [6.45, 7) is 2.20. The van der Waals surface area contributed by atoms with E-state index in [4.69, 9.17) is 0 Å². The van der Waals surface area contributed by atoms with Crippen molar-refractivity contribution in [3.63, 3.8) is 0 Å². The van der Waals surface area contributed by atoms with Gasteiger partial charge in [0.05, 0.1) is 4.92 Å². The molecule has 1 N–H and O–H groups in total. The van der Waals surface area contributed by atoms with Crippen LogP contribution < -0.4 is 5.32 Å². The van der Waals surface area contributed by atoms with Crippen LogP contribution in [0.25, 0.3) is 0 Å². The lowest BCUT2D eigenvalue weighted by atomic mass is 9.87. The summed E-state index contributed by atoms with van der Waals surface area (Å²) in [6.07, 6.45) is 1.59. The molecule has 0 aromatic heterocycles. The first-order valence-corrected chi connectivity index (χ1v) is 8.44. The molecule has 2 fully saturated rings. The van der Waals surface area contributed by atoms with Gasteiger partial charge in [0.25, 0.3) is 0 Å². The number of para-hydroxylation sites is 1. The summed E-state index contributed by atoms with van der Waals surface area (Å²) in [5.74, 6) is -1.14. The van der Waals surface area contributed by atoms with Crippen LogP contribution in [0.2, 0.25) is 0 Å². The molecule has 0 amide bonds. The fraction of sp³-hybridized carbons (Fsp3) is 0.538. The zero-order valence-electron chi connectivity index (χ0n) is 11.8. The number of halogens is 1. The Labute approximate surface area is 127 Å². The van der Waals surface area contributed by atoms with Crippen molar-refractivity contribution < 1.29 is 17.7 Å². The molecule has 0 aliphatic carbocycles. The second-order valence-corrected chi connectivity index (χ2v) is 7.77. The van der Waals surface area contributed by atoms with E-state index >= 15 is 0 Å². The Bertz CT molecular complexity index is 716. The lowest BCUT2D eigenvalue weighted by Crippen LogP contribution is -2.33. The van der Waals surface area contributed by atoms with Crippen LogP contribution in [-0.2, 0) is 10.0 Å². The van der Waals surface area contributed by atoms with Gasteiger partial charge in [-0.3, -0.25) is 10.1 Å². The number of sulfonamides is 1. The Kier molecular flexibility index (Phi) is 3.66. The Hall–Kier alpha value is -1.58. The Balaban J connectivity index is 1.98. The third-order valence-corrected chi connectivity index (χ3v) is 6.36. The van der Waals surface area contributed by atoms with Crippen LogP contribution in [0.5, 0.6) is 0 Å². The molecule has 7 nitrogen and oxygen atoms in total. The van der Waals surface area contributed by atoms with Gasteiger partial charge < -0.3 is 5.32 Å². The van der Waals surface area contributed by atoms with Crippen molar-refractivity contribution in [1.29, 1.82) is 0 Å². The van der Waals surface area contributed by atoms with Crippen molar-refractivity contribution in [3.05, 3.63) is 34.1 Å². The minimum atomic E-state index is -4.08. The normalized spacial score (nSPS) is 25.9. The third-order valence-electron chi connectivity index (χ3n) is 4.49. The van der Waals surface area contributed by atoms with E-state index in [1.54, 1.807) is 0 Å². The highest BCUT2D eigenvalue weighted by atomic mass is 32.2. The summed E-state index contributed by atoms with van der Waals surface area (Å²) >= 11 is 0. The maximum absolute atomic E-state index is 13.7. The van der Waals surface area contributed by atoms with Gasteiger partial charge in [-0.2, -0.15) is 8.70 Å². The van der Waals surface area contributed by atoms with Crippen LogP contribution in [0, 0.1) is 21.3 Å². The minimum absolute atomic E-state index is 0.102. The van der Waals surface area contributed by atoms with Gasteiger partial charge in [0, 0.05) is 19.6 Å². The SMILES string of the molecule is O=[N+]([O-])c1c(F)cccc1S(=O)(=O)N1CCC2(CCNC2)C1. The van der Waals surface area contributed by atoms with Crippen molar-refractivity contribution in [2.45, 2.75) is 17.7 Å². The van der Waals surface area contributed by atoms with Crippen molar-refractivity contribution in [3.8, 4) is 0 Å². The third kappa shape index (κ3) is 2.38. The van der Waals surface area contributed by atoms with Gasteiger partial charge >= 0.3 is 5.69 Å². The topological polar surface area (TPSA) is 92.5 Å². The molecule has 1 spiro atoms. The van der Waals surface area contributed by atoms with Crippen molar-refractivity contribution in [2.75, 3.05) is 26.2 Å². The maximum atomic E-state index is 13.7. The molecule has 1 atom stereocenters. The molecule has 0 bridgehead atoms. The fourth-order valence-corrected chi connectivity index (χ4v) is 4.98. The van der Waals surface area contributed by atoms with Gasteiger partial charge in [-0.05, 0) is 36.9 Å². The summed E-state index contributed by atoms with van der Waals surface area (Å²) in [5, 5.41) is 14.2. The molecule has 0 saturated carbocycles. The van der Waals surface area contributed by atoms with Crippen LogP contribution in [0.4, 0.5) is 10.1 Å². The monoisotopic (exact) mass is 329 g/mol. The summed E-state index contributed by atoms with van der Waals surface area (Å²) in [5.41, 5.74) is -1.08. The van der Waals surface area contributed by atoms with Crippen LogP contribution in [0.15, 0.2) is 23.1 Å². The van der Waals surface area contributed by atoms with Gasteiger partial charge in [0.1, 0.15) is 0 Å². The second-order valence-electron chi connectivity index (χ2n) is 5.86. The van der Waals surface area contributed by atoms with Gasteiger partial charge in [-0.25, -0.2) is 8.42 Å². The van der Waals surface area contributed by atoms with E-state index in [0.717, 1.165) is 31.6 Å². The lowest BCUT2D eigenvalue weighted by Gasteiger charge is -2.22. The van der Waals surface area contributed by atoms with E-state index in [9.17, 15) is 22.9 Å². The van der Waals surface area contributed by atoms with Crippen LogP contribution in [-0.4, -0.2) is 43.8 Å². The maximum Gasteiger partial charge on any atom is 0.324 e. The van der Waals surface area contributed by atoms with E-state index in [-0.39, 0.29) is 5.41 Å². The van der Waals surface area contributed by atoms with Crippen LogP contribution >= 0.6 is 0 Å². The van der Waals surface area contributed by atoms with Crippen LogP contribution in [0.3, 0.4) is 0 Å². The Morgan fingerprint density at radius 2 is 2.14 bits per heavy atom. The summed E-state index contributed by atoms with van der Waals surface area (Å²) < 4.78 is 40.3. The molecule has 1 aromatic rings. The van der Waals surface area contributed by atoms with E-state index in [1.807, 2.05) is 0 Å². The highest BCUT2D eigenvalue weighted by Crippen LogP contribution is 2.39. The molecule has 2 aliphatic heterocycles. The number of benzene rings is 1. The molecule has 2 saturated heterocycles. The van der Waals surface area contributed by atoms with E-state index < -0.39 is 31.3 Å². The second kappa shape index (κ2) is 5.25. The zero-order chi connectivity index (χ0) is 16.0. The highest BCUT2D eigenvalue weighted by Gasteiger charge is 2.46. The van der Waals surface area contributed by atoms with E-state index in [2.05, 4.69) is 5.32 Å². The van der Waals surface area contributed by atoms with Gasteiger partial charge in [-0.15, -0.1) is 0 Å². The first-order valence-electron chi connectivity index (χ1n) is 7.00. The molecule has 120 valence electrons. The van der Waals surface area contributed by atoms with Crippen molar-refractivity contribution in [2.24, 2.45) is 5.41 Å². The average molecular weight is 329 g/mol. The number of nitro groups is 1. The first kappa shape index (κ1) is 15.3. The van der Waals surface area contributed by atoms with Gasteiger partial charge in [-0.1, -0.05) is 6.07 Å². The minimum Gasteiger partial charge on any atom is -0.316 e. The number of hydrogen-bond donors (Lipinski definition) is 1. The largest absolute Gasteiger partial charge is 0.324 e. The summed E-state index contributed by atoms with van der Waals surface area (Å²) in [6, 6.07) is 3.16. The quantitative estimate of drug-likeness (QED) is 0.662. The van der Waals surface area contributed by atoms with Gasteiger partial charge in [0.2, 0.25) is 15.8 Å². The molecule has 1 unspecified atom stereocenters. The number of nitrogens with one attached hydrogen (secondary N) is 1. The molecular formula is C13H16FN3O4S. The van der Waals surface area contributed by atoms with Gasteiger partial charge in [0.15, 0.2) is 4.90 Å². The number of nitro benzene ring substituents is 1. The Morgan fingerprint density at radius 1 is 1.36 bits per heavy atom. The number of rotatable bonds is 3. The highest BCUT2D eigenvalue weighted by molar-refractivity contribution is 7.89. The number of nitrogens with zero attached hydrogens (tertiary/aromatic N) is 2. The predicted octanol–water partition coefficient (Wildman–Crippen LogP) is 1.11. The van der Waals surface area contributed by atoms with Crippen molar-refractivity contribution >= 4 is 15.7 Å². The lowest BCUT2D eigenvalue weighted by molar-refractivity contribution is -0.390. The summed E-state index contributed by atoms with van der Waals surface area (Å²) in [7, 11) is -4.08. The molecule has 22 heavy (non-hydrogen) atoms. The summed E-state index contributed by atoms with van der Waals surface area (Å²) in [4.78, 5) is 9.48. The average Bonchev–Trinajstić information content (AvgIpc) is 3.09. The van der Waals surface area contributed by atoms with Crippen molar-refractivity contribution in [1.82, 2.24) is 9.62 Å². The fourth-order valence-electron chi connectivity index (χ4n) is 3.26. The molecule has 2 heterocycles. The number of hydrogen-bond acceptors (Lipinski definition) is 5. The van der Waals surface area contributed by atoms with E-state index in [0.29, 0.717) is 19.5 Å². The molecule has 9 heteroatoms. The van der Waals surface area contributed by atoms with Crippen LogP contribution in [0.1, 0.15) is 12.8 Å². The molecule has 1 aromatic carbocycles. The van der Waals surface area contributed by atoms with E-state index in [1.165, 1.54) is 10.4 Å². The zero-order valence-corrected chi connectivity index (χ0v) is 12.6. The Morgan fingerprint density at radius 3 is 2.77 bits per heavy atom. The first-order chi connectivity index (χ1) is 10.4. The molecule has 3 rings (SSSR count). The molecular weight excluding hydrogens is 313 g/mol. The smallest absolute Gasteiger partial charge is 0.316 e.